The van der Waals surface area contributed by atoms with Gasteiger partial charge in [0.25, 0.3) is 0 Å². The third-order valence-electron chi connectivity index (χ3n) is 3.02. The van der Waals surface area contributed by atoms with Gasteiger partial charge in [0.05, 0.1) is 0 Å². The van der Waals surface area contributed by atoms with Gasteiger partial charge in [0, 0.05) is 5.54 Å². The van der Waals surface area contributed by atoms with Gasteiger partial charge in [-0.3, -0.25) is 0 Å². The molecule has 0 atom stereocenters. The summed E-state index contributed by atoms with van der Waals surface area (Å²) in [6.45, 7) is 7.76. The molecule has 1 heteroatoms. The van der Waals surface area contributed by atoms with Gasteiger partial charge in [-0.15, -0.1) is 0 Å². The summed E-state index contributed by atoms with van der Waals surface area (Å²) in [4.78, 5) is 0. The molecule has 0 radical (unpaired) electrons. The van der Waals surface area contributed by atoms with Crippen LogP contribution in [0.1, 0.15) is 59.3 Å². The van der Waals surface area contributed by atoms with Crippen LogP contribution in [-0.4, -0.2) is 12.1 Å². The van der Waals surface area contributed by atoms with Crippen molar-refractivity contribution in [3.05, 3.63) is 12.2 Å². The highest BCUT2D eigenvalue weighted by atomic mass is 14.9. The van der Waals surface area contributed by atoms with E-state index < -0.39 is 0 Å². The Morgan fingerprint density at radius 1 is 1.13 bits per heavy atom. The minimum absolute atomic E-state index is 0.263. The zero-order valence-corrected chi connectivity index (χ0v) is 10.7. The van der Waals surface area contributed by atoms with Crippen LogP contribution in [0.25, 0.3) is 0 Å². The molecule has 0 aliphatic heterocycles. The lowest BCUT2D eigenvalue weighted by Gasteiger charge is -2.20. The van der Waals surface area contributed by atoms with E-state index in [2.05, 4.69) is 38.2 Å². The molecule has 1 N–H and O–H groups in total. The SMILES string of the molecule is CC(C)(C)NCCC=CC1CCCCC1. The lowest BCUT2D eigenvalue weighted by molar-refractivity contribution is 0.416. The summed E-state index contributed by atoms with van der Waals surface area (Å²) in [6.07, 6.45) is 13.2. The monoisotopic (exact) mass is 209 g/mol. The number of rotatable bonds is 4. The van der Waals surface area contributed by atoms with Crippen molar-refractivity contribution >= 4 is 0 Å². The maximum absolute atomic E-state index is 3.51. The van der Waals surface area contributed by atoms with E-state index in [9.17, 15) is 0 Å². The zero-order valence-electron chi connectivity index (χ0n) is 10.7. The van der Waals surface area contributed by atoms with E-state index >= 15 is 0 Å². The van der Waals surface area contributed by atoms with E-state index in [0.29, 0.717) is 0 Å². The molecule has 1 aliphatic carbocycles. The van der Waals surface area contributed by atoms with Gasteiger partial charge in [0.2, 0.25) is 0 Å². The second-order valence-electron chi connectivity index (χ2n) is 5.79. The van der Waals surface area contributed by atoms with Crippen molar-refractivity contribution in [1.29, 1.82) is 0 Å². The zero-order chi connectivity index (χ0) is 11.1. The van der Waals surface area contributed by atoms with Crippen molar-refractivity contribution in [2.75, 3.05) is 6.54 Å². The van der Waals surface area contributed by atoms with Gasteiger partial charge in [0.15, 0.2) is 0 Å². The van der Waals surface area contributed by atoms with Gasteiger partial charge in [-0.25, -0.2) is 0 Å². The lowest BCUT2D eigenvalue weighted by atomic mass is 9.89. The molecule has 0 heterocycles. The molecule has 1 fully saturated rings. The molecule has 88 valence electrons. The molecular weight excluding hydrogens is 182 g/mol. The second-order valence-corrected chi connectivity index (χ2v) is 5.79. The van der Waals surface area contributed by atoms with Gasteiger partial charge in [-0.05, 0) is 52.5 Å². The number of nitrogens with one attached hydrogen (secondary N) is 1. The number of hydrogen-bond donors (Lipinski definition) is 1. The van der Waals surface area contributed by atoms with Crippen LogP contribution in [0.4, 0.5) is 0 Å². The van der Waals surface area contributed by atoms with Crippen molar-refractivity contribution in [3.63, 3.8) is 0 Å². The fourth-order valence-electron chi connectivity index (χ4n) is 2.15. The molecule has 1 nitrogen and oxygen atoms in total. The summed E-state index contributed by atoms with van der Waals surface area (Å²) < 4.78 is 0. The predicted octanol–water partition coefficient (Wildman–Crippen LogP) is 3.90. The first-order chi connectivity index (χ1) is 7.08. The minimum atomic E-state index is 0.263. The van der Waals surface area contributed by atoms with Crippen LogP contribution in [0, 0.1) is 5.92 Å². The van der Waals surface area contributed by atoms with E-state index in [0.717, 1.165) is 12.5 Å². The molecule has 0 unspecified atom stereocenters. The molecule has 0 aromatic heterocycles. The molecule has 0 aromatic rings. The third kappa shape index (κ3) is 6.72. The molecule has 0 bridgehead atoms. The maximum Gasteiger partial charge on any atom is 0.00966 e. The summed E-state index contributed by atoms with van der Waals surface area (Å²) in [7, 11) is 0. The van der Waals surface area contributed by atoms with Gasteiger partial charge < -0.3 is 5.32 Å². The van der Waals surface area contributed by atoms with Crippen LogP contribution in [0.2, 0.25) is 0 Å². The molecule has 0 saturated heterocycles. The quantitative estimate of drug-likeness (QED) is 0.547. The number of hydrogen-bond acceptors (Lipinski definition) is 1. The first kappa shape index (κ1) is 12.8. The molecule has 0 aromatic carbocycles. The molecule has 15 heavy (non-hydrogen) atoms. The summed E-state index contributed by atoms with van der Waals surface area (Å²) >= 11 is 0. The fraction of sp³-hybridized carbons (Fsp3) is 0.857. The molecule has 0 amide bonds. The third-order valence-corrected chi connectivity index (χ3v) is 3.02. The Labute approximate surface area is 95.3 Å². The molecule has 1 rings (SSSR count). The Morgan fingerprint density at radius 3 is 2.40 bits per heavy atom. The number of allylic oxidation sites excluding steroid dienone is 1. The van der Waals surface area contributed by atoms with Crippen molar-refractivity contribution < 1.29 is 0 Å². The summed E-state index contributed by atoms with van der Waals surface area (Å²) in [5, 5.41) is 3.51. The smallest absolute Gasteiger partial charge is 0.00966 e. The fourth-order valence-corrected chi connectivity index (χ4v) is 2.15. The Balaban J connectivity index is 2.05. The summed E-state index contributed by atoms with van der Waals surface area (Å²) in [5.74, 6) is 0.883. The largest absolute Gasteiger partial charge is 0.312 e. The Hall–Kier alpha value is -0.300. The highest BCUT2D eigenvalue weighted by Gasteiger charge is 2.09. The Morgan fingerprint density at radius 2 is 1.80 bits per heavy atom. The molecule has 0 spiro atoms. The van der Waals surface area contributed by atoms with Crippen molar-refractivity contribution in [1.82, 2.24) is 5.32 Å². The second kappa shape index (κ2) is 6.32. The van der Waals surface area contributed by atoms with Gasteiger partial charge >= 0.3 is 0 Å². The van der Waals surface area contributed by atoms with E-state index in [-0.39, 0.29) is 5.54 Å². The van der Waals surface area contributed by atoms with Crippen LogP contribution in [0.5, 0.6) is 0 Å². The molecule has 1 aliphatic rings. The predicted molar refractivity (Wildman–Crippen MR) is 68.1 cm³/mol. The van der Waals surface area contributed by atoms with E-state index in [1.165, 1.54) is 38.5 Å². The van der Waals surface area contributed by atoms with Crippen LogP contribution in [0.15, 0.2) is 12.2 Å². The molecule has 1 saturated carbocycles. The van der Waals surface area contributed by atoms with Crippen LogP contribution >= 0.6 is 0 Å². The highest BCUT2D eigenvalue weighted by Crippen LogP contribution is 2.24. The first-order valence-corrected chi connectivity index (χ1v) is 6.49. The summed E-state index contributed by atoms with van der Waals surface area (Å²) in [6, 6.07) is 0. The average molecular weight is 209 g/mol. The lowest BCUT2D eigenvalue weighted by Crippen LogP contribution is -2.36. The van der Waals surface area contributed by atoms with Crippen LogP contribution in [-0.2, 0) is 0 Å². The van der Waals surface area contributed by atoms with Crippen LogP contribution in [0.3, 0.4) is 0 Å². The van der Waals surface area contributed by atoms with E-state index in [1.54, 1.807) is 0 Å². The standard InChI is InChI=1S/C14H27N/c1-14(2,3)15-12-8-7-11-13-9-5-4-6-10-13/h7,11,13,15H,4-6,8-10,12H2,1-3H3. The maximum atomic E-state index is 3.51. The van der Waals surface area contributed by atoms with Gasteiger partial charge in [0.1, 0.15) is 0 Å². The normalized spacial score (nSPS) is 19.9. The Kier molecular flexibility index (Phi) is 5.38. The van der Waals surface area contributed by atoms with Crippen molar-refractivity contribution in [2.45, 2.75) is 64.8 Å². The van der Waals surface area contributed by atoms with Crippen molar-refractivity contribution in [3.8, 4) is 0 Å². The first-order valence-electron chi connectivity index (χ1n) is 6.49. The topological polar surface area (TPSA) is 12.0 Å². The van der Waals surface area contributed by atoms with Crippen LogP contribution < -0.4 is 5.32 Å². The summed E-state index contributed by atoms with van der Waals surface area (Å²) in [5.41, 5.74) is 0.263. The van der Waals surface area contributed by atoms with Crippen molar-refractivity contribution in [2.24, 2.45) is 5.92 Å². The minimum Gasteiger partial charge on any atom is -0.312 e. The van der Waals surface area contributed by atoms with Gasteiger partial charge in [-0.1, -0.05) is 31.4 Å². The van der Waals surface area contributed by atoms with Gasteiger partial charge in [-0.2, -0.15) is 0 Å². The van der Waals surface area contributed by atoms with E-state index in [4.69, 9.17) is 0 Å². The molecular formula is C14H27N. The van der Waals surface area contributed by atoms with E-state index in [1.807, 2.05) is 0 Å². The average Bonchev–Trinajstić information content (AvgIpc) is 2.17. The Bertz CT molecular complexity index is 182. The highest BCUT2D eigenvalue weighted by molar-refractivity contribution is 4.90.